The number of rotatable bonds is 3. The summed E-state index contributed by atoms with van der Waals surface area (Å²) in [6.45, 7) is 0. The second-order valence-electron chi connectivity index (χ2n) is 6.00. The molecule has 0 heterocycles. The third-order valence-electron chi connectivity index (χ3n) is 4.68. The van der Waals surface area contributed by atoms with Crippen molar-refractivity contribution in [2.75, 3.05) is 0 Å². The molecule has 2 unspecified atom stereocenters. The molecule has 17 heavy (non-hydrogen) atoms. The maximum absolute atomic E-state index is 11.3. The topological polar surface area (TPSA) is 100 Å². The van der Waals surface area contributed by atoms with Gasteiger partial charge in [-0.2, -0.15) is 0 Å². The lowest BCUT2D eigenvalue weighted by atomic mass is 9.50. The summed E-state index contributed by atoms with van der Waals surface area (Å²) >= 11 is 0. The Balaban J connectivity index is 1.94. The first-order chi connectivity index (χ1) is 7.93. The molecule has 4 aliphatic rings. The molecule has 4 bridgehead atoms. The van der Waals surface area contributed by atoms with Gasteiger partial charge >= 0.3 is 0 Å². The van der Waals surface area contributed by atoms with Crippen molar-refractivity contribution in [3.63, 3.8) is 0 Å². The molecule has 4 aliphatic carbocycles. The van der Waals surface area contributed by atoms with Gasteiger partial charge < -0.3 is 5.43 Å². The van der Waals surface area contributed by atoms with E-state index in [2.05, 4.69) is 5.43 Å². The van der Waals surface area contributed by atoms with Crippen LogP contribution in [0.4, 0.5) is 0 Å². The van der Waals surface area contributed by atoms with Gasteiger partial charge in [0.05, 0.1) is 0 Å². The Kier molecular flexibility index (Phi) is 1.95. The monoisotopic (exact) mass is 240 g/mol. The minimum absolute atomic E-state index is 0.200. The predicted molar refractivity (Wildman–Crippen MR) is 57.5 cm³/mol. The first-order valence-corrected chi connectivity index (χ1v) is 5.95. The lowest BCUT2D eigenvalue weighted by Gasteiger charge is -2.60. The van der Waals surface area contributed by atoms with Crippen molar-refractivity contribution in [2.24, 2.45) is 11.8 Å². The van der Waals surface area contributed by atoms with Crippen LogP contribution in [0.3, 0.4) is 0 Å². The normalized spacial score (nSPS) is 46.8. The molecule has 0 aromatic carbocycles. The summed E-state index contributed by atoms with van der Waals surface area (Å²) in [5, 5.41) is 21.3. The molecule has 0 aromatic rings. The van der Waals surface area contributed by atoms with Crippen LogP contribution in [0.15, 0.2) is 0 Å². The quantitative estimate of drug-likeness (QED) is 0.555. The highest BCUT2D eigenvalue weighted by molar-refractivity contribution is 5.17. The molecule has 94 valence electrons. The van der Waals surface area contributed by atoms with Crippen molar-refractivity contribution in [3.8, 4) is 0 Å². The van der Waals surface area contributed by atoms with E-state index in [0.717, 1.165) is 6.42 Å². The van der Waals surface area contributed by atoms with Gasteiger partial charge in [0.2, 0.25) is 5.54 Å². The van der Waals surface area contributed by atoms with Crippen LogP contribution >= 0.6 is 0 Å². The molecule has 0 aromatic heterocycles. The molecule has 4 fully saturated rings. The van der Waals surface area contributed by atoms with E-state index in [1.54, 1.807) is 0 Å². The van der Waals surface area contributed by atoms with Crippen molar-refractivity contribution >= 4 is 0 Å². The largest absolute Gasteiger partial charge is 0.372 e. The molecule has 0 saturated heterocycles. The van der Waals surface area contributed by atoms with Crippen LogP contribution in [0.2, 0.25) is 0 Å². The van der Waals surface area contributed by atoms with E-state index >= 15 is 0 Å². The third kappa shape index (κ3) is 1.48. The summed E-state index contributed by atoms with van der Waals surface area (Å²) in [5.74, 6) is 0.510. The molecule has 7 heteroatoms. The smallest absolute Gasteiger partial charge is 0.222 e. The Morgan fingerprint density at radius 3 is 2.12 bits per heavy atom. The summed E-state index contributed by atoms with van der Waals surface area (Å²) in [7, 11) is 0. The van der Waals surface area contributed by atoms with Crippen LogP contribution in [-0.4, -0.2) is 21.0 Å². The van der Waals surface area contributed by atoms with Crippen molar-refractivity contribution in [3.05, 3.63) is 25.7 Å². The van der Waals surface area contributed by atoms with Gasteiger partial charge in [-0.25, -0.2) is 0 Å². The molecule has 0 aliphatic heterocycles. The van der Waals surface area contributed by atoms with E-state index in [1.807, 2.05) is 0 Å². The van der Waals surface area contributed by atoms with Crippen molar-refractivity contribution < 1.29 is 9.96 Å². The molecule has 4 rings (SSSR count). The average molecular weight is 240 g/mol. The second kappa shape index (κ2) is 3.08. The molecule has 0 radical (unpaired) electrons. The molecule has 4 atom stereocenters. The minimum Gasteiger partial charge on any atom is -0.372 e. The van der Waals surface area contributed by atoms with Crippen LogP contribution in [-0.2, 0) is 0 Å². The highest BCUT2D eigenvalue weighted by Gasteiger charge is 2.62. The van der Waals surface area contributed by atoms with Crippen molar-refractivity contribution in [1.82, 2.24) is 0 Å². The van der Waals surface area contributed by atoms with Crippen LogP contribution in [0.1, 0.15) is 38.5 Å². The van der Waals surface area contributed by atoms with Crippen LogP contribution in [0, 0.1) is 32.1 Å². The van der Waals surface area contributed by atoms with E-state index in [0.29, 0.717) is 25.7 Å². The van der Waals surface area contributed by atoms with Crippen LogP contribution < -0.4 is 0 Å². The summed E-state index contributed by atoms with van der Waals surface area (Å²) in [6, 6.07) is 0. The average Bonchev–Trinajstić information content (AvgIpc) is 2.12. The van der Waals surface area contributed by atoms with Gasteiger partial charge in [-0.3, -0.25) is 20.2 Å². The second-order valence-corrected chi connectivity index (χ2v) is 6.00. The summed E-state index contributed by atoms with van der Waals surface area (Å²) in [4.78, 5) is 21.7. The number of nitro groups is 2. The molecule has 0 N–H and O–H groups in total. The van der Waals surface area contributed by atoms with Crippen LogP contribution in [0.25, 0.3) is 5.43 Å². The molecule has 0 amide bonds. The predicted octanol–water partition coefficient (Wildman–Crippen LogP) is 1.92. The molecular weight excluding hydrogens is 226 g/mol. The lowest BCUT2D eigenvalue weighted by Crippen LogP contribution is -2.61. The van der Waals surface area contributed by atoms with E-state index < -0.39 is 16.1 Å². The van der Waals surface area contributed by atoms with Gasteiger partial charge in [-0.15, -0.1) is 0 Å². The first-order valence-electron chi connectivity index (χ1n) is 5.95. The Hall–Kier alpha value is -1.40. The van der Waals surface area contributed by atoms with E-state index in [1.165, 1.54) is 0 Å². The Labute approximate surface area is 97.8 Å². The van der Waals surface area contributed by atoms with Crippen molar-refractivity contribution in [1.29, 1.82) is 0 Å². The third-order valence-corrected chi connectivity index (χ3v) is 4.68. The summed E-state index contributed by atoms with van der Waals surface area (Å²) in [6.07, 6.45) is 3.77. The Morgan fingerprint density at radius 1 is 1.06 bits per heavy atom. The van der Waals surface area contributed by atoms with Crippen molar-refractivity contribution in [2.45, 2.75) is 49.6 Å². The zero-order chi connectivity index (χ0) is 12.3. The first kappa shape index (κ1) is 10.7. The number of hydrogen-bond acceptors (Lipinski definition) is 4. The molecule has 0 spiro atoms. The van der Waals surface area contributed by atoms with Gasteiger partial charge in [0.1, 0.15) is 0 Å². The minimum atomic E-state index is -0.927. The number of nitrogens with zero attached hydrogens (tertiary/aromatic N) is 3. The fourth-order valence-corrected chi connectivity index (χ4v) is 4.67. The molecule has 7 nitrogen and oxygen atoms in total. The Bertz CT molecular complexity index is 383. The van der Waals surface area contributed by atoms with E-state index in [9.17, 15) is 20.2 Å². The highest BCUT2D eigenvalue weighted by atomic mass is 16.7. The zero-order valence-corrected chi connectivity index (χ0v) is 9.37. The van der Waals surface area contributed by atoms with Gasteiger partial charge in [-0.05, 0) is 28.8 Å². The number of hydrogen-bond donors (Lipinski definition) is 0. The fraction of sp³-hybridized carbons (Fsp3) is 1.00. The summed E-state index contributed by atoms with van der Waals surface area (Å²) < 4.78 is 0. The van der Waals surface area contributed by atoms with Crippen LogP contribution in [0.5, 0.6) is 0 Å². The maximum Gasteiger partial charge on any atom is 0.222 e. The summed E-state index contributed by atoms with van der Waals surface area (Å²) in [5.41, 5.74) is 1.94. The molecular formula is C10H14N3O4-. The maximum atomic E-state index is 11.3. The lowest BCUT2D eigenvalue weighted by molar-refractivity contribution is -0.590. The molecule has 4 saturated carbocycles. The fourth-order valence-electron chi connectivity index (χ4n) is 4.67. The van der Waals surface area contributed by atoms with E-state index in [-0.39, 0.29) is 23.2 Å². The highest BCUT2D eigenvalue weighted by Crippen LogP contribution is 2.61. The Morgan fingerprint density at radius 2 is 1.65 bits per heavy atom. The van der Waals surface area contributed by atoms with Gasteiger partial charge in [0.15, 0.2) is 0 Å². The standard InChI is InChI=1S/C10H14N3O4/c14-12(15)10-4-7-1-8(5-10)3-9(2-7,6-10)11-13(16)17/h7-8H,1-6H2/q-1/t7-,8+,9?,10?. The van der Waals surface area contributed by atoms with Gasteiger partial charge in [0, 0.05) is 24.2 Å². The van der Waals surface area contributed by atoms with Gasteiger partial charge in [-0.1, -0.05) is 12.8 Å². The SMILES string of the molecule is O=[N+]([O-])[N-]C12C[C@H]3C[C@@H](C1)CC([N+](=O)[O-])(C3)C2. The van der Waals surface area contributed by atoms with Gasteiger partial charge in [0.25, 0.3) is 0 Å². The zero-order valence-electron chi connectivity index (χ0n) is 9.37. The van der Waals surface area contributed by atoms with E-state index in [4.69, 9.17) is 0 Å².